The summed E-state index contributed by atoms with van der Waals surface area (Å²) >= 11 is 0. The Morgan fingerprint density at radius 2 is 1.71 bits per heavy atom. The first-order chi connectivity index (χ1) is 9.87. The summed E-state index contributed by atoms with van der Waals surface area (Å²) in [7, 11) is -0.308. The number of hydrogen-bond donors (Lipinski definition) is 1. The van der Waals surface area contributed by atoms with Crippen molar-refractivity contribution < 1.29 is 14.0 Å². The summed E-state index contributed by atoms with van der Waals surface area (Å²) in [5, 5.41) is 3.30. The maximum atomic E-state index is 6.05. The van der Waals surface area contributed by atoms with E-state index in [0.29, 0.717) is 0 Å². The predicted molar refractivity (Wildman–Crippen MR) is 84.1 cm³/mol. The zero-order valence-electron chi connectivity index (χ0n) is 13.3. The Bertz CT molecular complexity index is 479. The molecule has 3 rings (SSSR count). The molecule has 0 amide bonds. The summed E-state index contributed by atoms with van der Waals surface area (Å²) in [5.74, 6) is 0.906. The molecule has 4 nitrogen and oxygen atoms in total. The molecular weight excluding hydrogens is 265 g/mol. The smallest absolute Gasteiger partial charge is 0.489 e. The second kappa shape index (κ2) is 5.31. The highest BCUT2D eigenvalue weighted by molar-refractivity contribution is 6.62. The van der Waals surface area contributed by atoms with Crippen molar-refractivity contribution in [3.63, 3.8) is 0 Å². The van der Waals surface area contributed by atoms with E-state index in [1.54, 1.807) is 0 Å². The Balaban J connectivity index is 1.67. The van der Waals surface area contributed by atoms with E-state index in [4.69, 9.17) is 14.0 Å². The van der Waals surface area contributed by atoms with Crippen molar-refractivity contribution in [3.8, 4) is 5.75 Å². The van der Waals surface area contributed by atoms with Gasteiger partial charge in [0.25, 0.3) is 0 Å². The molecule has 2 aliphatic rings. The molecule has 1 aromatic rings. The number of hydrogen-bond acceptors (Lipinski definition) is 4. The fraction of sp³-hybridized carbons (Fsp3) is 0.625. The molecule has 1 atom stereocenters. The molecule has 21 heavy (non-hydrogen) atoms. The molecule has 2 fully saturated rings. The monoisotopic (exact) mass is 289 g/mol. The molecule has 0 spiro atoms. The third-order valence-corrected chi connectivity index (χ3v) is 4.72. The predicted octanol–water partition coefficient (Wildman–Crippen LogP) is 1.73. The quantitative estimate of drug-likeness (QED) is 0.860. The Labute approximate surface area is 127 Å². The molecule has 1 aromatic carbocycles. The number of benzene rings is 1. The van der Waals surface area contributed by atoms with Gasteiger partial charge in [0, 0.05) is 6.54 Å². The minimum Gasteiger partial charge on any atom is -0.489 e. The third-order valence-electron chi connectivity index (χ3n) is 4.72. The van der Waals surface area contributed by atoms with Gasteiger partial charge in [-0.25, -0.2) is 0 Å². The highest BCUT2D eigenvalue weighted by Crippen LogP contribution is 2.36. The van der Waals surface area contributed by atoms with Crippen LogP contribution in [0.3, 0.4) is 0 Å². The topological polar surface area (TPSA) is 39.7 Å². The lowest BCUT2D eigenvalue weighted by Crippen LogP contribution is -2.41. The second-order valence-electron chi connectivity index (χ2n) is 6.89. The first-order valence-electron chi connectivity index (χ1n) is 7.70. The van der Waals surface area contributed by atoms with Crippen molar-refractivity contribution in [2.24, 2.45) is 0 Å². The normalized spacial score (nSPS) is 27.0. The molecule has 1 unspecified atom stereocenters. The average Bonchev–Trinajstić information content (AvgIpc) is 2.97. The van der Waals surface area contributed by atoms with Crippen LogP contribution in [0, 0.1) is 0 Å². The van der Waals surface area contributed by atoms with Gasteiger partial charge in [0.15, 0.2) is 0 Å². The fourth-order valence-corrected chi connectivity index (χ4v) is 2.60. The first-order valence-corrected chi connectivity index (χ1v) is 7.70. The maximum Gasteiger partial charge on any atom is 0.494 e. The molecule has 0 radical (unpaired) electrons. The number of rotatable bonds is 3. The first kappa shape index (κ1) is 14.9. The van der Waals surface area contributed by atoms with Crippen LogP contribution in [0.4, 0.5) is 0 Å². The van der Waals surface area contributed by atoms with Gasteiger partial charge in [0.2, 0.25) is 0 Å². The summed E-state index contributed by atoms with van der Waals surface area (Å²) in [5.41, 5.74) is 0.426. The van der Waals surface area contributed by atoms with Gasteiger partial charge in [-0.3, -0.25) is 0 Å². The van der Waals surface area contributed by atoms with E-state index < -0.39 is 0 Å². The fourth-order valence-electron chi connectivity index (χ4n) is 2.60. The Morgan fingerprint density at radius 3 is 2.24 bits per heavy atom. The zero-order chi connectivity index (χ0) is 15.1. The summed E-state index contributed by atoms with van der Waals surface area (Å²) in [6.07, 6.45) is 1.35. The molecule has 2 heterocycles. The van der Waals surface area contributed by atoms with Gasteiger partial charge < -0.3 is 19.4 Å². The van der Waals surface area contributed by atoms with Gasteiger partial charge in [0.05, 0.1) is 11.2 Å². The third kappa shape index (κ3) is 2.96. The van der Waals surface area contributed by atoms with E-state index in [-0.39, 0.29) is 24.4 Å². The van der Waals surface area contributed by atoms with Gasteiger partial charge in [-0.2, -0.15) is 0 Å². The Morgan fingerprint density at radius 1 is 1.10 bits per heavy atom. The lowest BCUT2D eigenvalue weighted by Gasteiger charge is -2.32. The van der Waals surface area contributed by atoms with Crippen LogP contribution in [0.1, 0.15) is 34.1 Å². The molecule has 2 saturated heterocycles. The van der Waals surface area contributed by atoms with Gasteiger partial charge >= 0.3 is 7.12 Å². The maximum absolute atomic E-state index is 6.05. The van der Waals surface area contributed by atoms with Crippen LogP contribution in [0.2, 0.25) is 0 Å². The summed E-state index contributed by atoms with van der Waals surface area (Å²) in [6, 6.07) is 8.05. The van der Waals surface area contributed by atoms with E-state index in [9.17, 15) is 0 Å². The SMILES string of the molecule is CC1(C)OB(c2ccc(OC3CCNC3)cc2)OC1(C)C. The van der Waals surface area contributed by atoms with Crippen molar-refractivity contribution in [2.45, 2.75) is 51.4 Å². The molecule has 0 saturated carbocycles. The molecule has 0 aliphatic carbocycles. The molecule has 2 aliphatic heterocycles. The van der Waals surface area contributed by atoms with E-state index in [0.717, 1.165) is 30.7 Å². The van der Waals surface area contributed by atoms with Crippen LogP contribution in [0.25, 0.3) is 0 Å². The zero-order valence-corrected chi connectivity index (χ0v) is 13.3. The van der Waals surface area contributed by atoms with Crippen LogP contribution in [0.15, 0.2) is 24.3 Å². The second-order valence-corrected chi connectivity index (χ2v) is 6.89. The van der Waals surface area contributed by atoms with Gasteiger partial charge in [-0.05, 0) is 58.3 Å². The lowest BCUT2D eigenvalue weighted by molar-refractivity contribution is 0.00578. The molecule has 0 bridgehead atoms. The van der Waals surface area contributed by atoms with Gasteiger partial charge in [0.1, 0.15) is 11.9 Å². The summed E-state index contributed by atoms with van der Waals surface area (Å²) in [4.78, 5) is 0. The molecule has 0 aromatic heterocycles. The summed E-state index contributed by atoms with van der Waals surface area (Å²) < 4.78 is 18.0. The standard InChI is InChI=1S/C16H24BNO3/c1-15(2)16(3,4)21-17(20-15)12-5-7-13(8-6-12)19-14-9-10-18-11-14/h5-8,14,18H,9-11H2,1-4H3. The van der Waals surface area contributed by atoms with Crippen LogP contribution < -0.4 is 15.5 Å². The Kier molecular flexibility index (Phi) is 3.76. The van der Waals surface area contributed by atoms with E-state index in [1.807, 2.05) is 24.3 Å². The van der Waals surface area contributed by atoms with E-state index >= 15 is 0 Å². The molecule has 114 valence electrons. The number of nitrogens with one attached hydrogen (secondary N) is 1. The Hall–Kier alpha value is -1.04. The van der Waals surface area contributed by atoms with Crippen molar-refractivity contribution in [2.75, 3.05) is 13.1 Å². The minimum atomic E-state index is -0.308. The average molecular weight is 289 g/mol. The van der Waals surface area contributed by atoms with Crippen molar-refractivity contribution in [1.82, 2.24) is 5.32 Å². The molecule has 5 heteroatoms. The van der Waals surface area contributed by atoms with Crippen molar-refractivity contribution >= 4 is 12.6 Å². The van der Waals surface area contributed by atoms with Crippen molar-refractivity contribution in [1.29, 1.82) is 0 Å². The molecule has 1 N–H and O–H groups in total. The van der Waals surface area contributed by atoms with Crippen LogP contribution in [0.5, 0.6) is 5.75 Å². The van der Waals surface area contributed by atoms with Gasteiger partial charge in [-0.15, -0.1) is 0 Å². The van der Waals surface area contributed by atoms with Crippen LogP contribution in [-0.4, -0.2) is 37.5 Å². The van der Waals surface area contributed by atoms with Crippen LogP contribution in [-0.2, 0) is 9.31 Å². The highest BCUT2D eigenvalue weighted by atomic mass is 16.7. The van der Waals surface area contributed by atoms with Crippen LogP contribution >= 0.6 is 0 Å². The van der Waals surface area contributed by atoms with E-state index in [2.05, 4.69) is 33.0 Å². The minimum absolute atomic E-state index is 0.285. The highest BCUT2D eigenvalue weighted by Gasteiger charge is 2.51. The van der Waals surface area contributed by atoms with E-state index in [1.165, 1.54) is 0 Å². The summed E-state index contributed by atoms with van der Waals surface area (Å²) in [6.45, 7) is 10.2. The lowest BCUT2D eigenvalue weighted by atomic mass is 9.79. The molecular formula is C16H24BNO3. The number of ether oxygens (including phenoxy) is 1. The largest absolute Gasteiger partial charge is 0.494 e. The van der Waals surface area contributed by atoms with Gasteiger partial charge in [-0.1, -0.05) is 12.1 Å². The van der Waals surface area contributed by atoms with Crippen molar-refractivity contribution in [3.05, 3.63) is 24.3 Å².